The van der Waals surface area contributed by atoms with E-state index < -0.39 is 18.2 Å². The Labute approximate surface area is 137 Å². The molecule has 5 nitrogen and oxygen atoms in total. The predicted molar refractivity (Wildman–Crippen MR) is 87.9 cm³/mol. The molecule has 1 aliphatic rings. The standard InChI is InChI=1S/C18H28O5/c1-2-3-4-8-14-15(17(21)12-16(14)20)11-10-13(19)7-5-6-9-18(22)23/h3-4,10-11,13-15,17,19,21H,2,5-9,12H2,1H3,(H,22,23)/b4-3-,11-10+/t13-,14+,15-,17-/m1/s1. The van der Waals surface area contributed by atoms with Crippen LogP contribution in [0.5, 0.6) is 0 Å². The average molecular weight is 324 g/mol. The summed E-state index contributed by atoms with van der Waals surface area (Å²) in [6.45, 7) is 2.03. The van der Waals surface area contributed by atoms with E-state index in [4.69, 9.17) is 5.11 Å². The fourth-order valence-corrected chi connectivity index (χ4v) is 2.92. The lowest BCUT2D eigenvalue weighted by molar-refractivity contribution is -0.137. The molecular weight excluding hydrogens is 296 g/mol. The van der Waals surface area contributed by atoms with E-state index in [-0.39, 0.29) is 30.5 Å². The van der Waals surface area contributed by atoms with Crippen molar-refractivity contribution in [2.45, 2.75) is 64.1 Å². The highest BCUT2D eigenvalue weighted by Gasteiger charge is 2.39. The number of carbonyl (C=O) groups excluding carboxylic acids is 1. The van der Waals surface area contributed by atoms with Crippen LogP contribution < -0.4 is 0 Å². The van der Waals surface area contributed by atoms with Crippen LogP contribution in [-0.4, -0.2) is 39.3 Å². The smallest absolute Gasteiger partial charge is 0.303 e. The number of carbonyl (C=O) groups is 2. The number of allylic oxidation sites excluding steroid dienone is 2. The Kier molecular flexibility index (Phi) is 8.81. The van der Waals surface area contributed by atoms with Crippen LogP contribution in [0.25, 0.3) is 0 Å². The van der Waals surface area contributed by atoms with Gasteiger partial charge in [0, 0.05) is 24.7 Å². The van der Waals surface area contributed by atoms with Crippen LogP contribution in [0.4, 0.5) is 0 Å². The van der Waals surface area contributed by atoms with Crippen LogP contribution >= 0.6 is 0 Å². The number of aliphatic hydroxyl groups is 2. The molecule has 0 amide bonds. The van der Waals surface area contributed by atoms with Gasteiger partial charge in [0.1, 0.15) is 5.78 Å². The first kappa shape index (κ1) is 19.6. The van der Waals surface area contributed by atoms with Gasteiger partial charge in [-0.3, -0.25) is 9.59 Å². The number of rotatable bonds is 10. The van der Waals surface area contributed by atoms with Gasteiger partial charge in [-0.05, 0) is 32.1 Å². The van der Waals surface area contributed by atoms with Crippen molar-refractivity contribution in [3.8, 4) is 0 Å². The zero-order valence-electron chi connectivity index (χ0n) is 13.7. The Balaban J connectivity index is 2.48. The summed E-state index contributed by atoms with van der Waals surface area (Å²) in [5, 5.41) is 28.5. The van der Waals surface area contributed by atoms with Crippen molar-refractivity contribution in [3.05, 3.63) is 24.3 Å². The van der Waals surface area contributed by atoms with Crippen LogP contribution in [0.1, 0.15) is 51.9 Å². The third-order valence-corrected chi connectivity index (χ3v) is 4.22. The summed E-state index contributed by atoms with van der Waals surface area (Å²) < 4.78 is 0. The van der Waals surface area contributed by atoms with Crippen molar-refractivity contribution in [1.29, 1.82) is 0 Å². The summed E-state index contributed by atoms with van der Waals surface area (Å²) in [5.74, 6) is -1.23. The molecule has 0 aromatic rings. The Morgan fingerprint density at radius 3 is 2.74 bits per heavy atom. The Hall–Kier alpha value is -1.46. The number of carboxylic acids is 1. The summed E-state index contributed by atoms with van der Waals surface area (Å²) >= 11 is 0. The van der Waals surface area contributed by atoms with E-state index in [0.29, 0.717) is 25.7 Å². The van der Waals surface area contributed by atoms with Gasteiger partial charge in [-0.15, -0.1) is 0 Å². The third-order valence-electron chi connectivity index (χ3n) is 4.22. The second-order valence-corrected chi connectivity index (χ2v) is 6.13. The zero-order valence-corrected chi connectivity index (χ0v) is 13.7. The summed E-state index contributed by atoms with van der Waals surface area (Å²) in [6.07, 6.45) is 9.49. The van der Waals surface area contributed by atoms with Crippen molar-refractivity contribution in [3.63, 3.8) is 0 Å². The summed E-state index contributed by atoms with van der Waals surface area (Å²) in [6, 6.07) is 0. The molecule has 0 aliphatic heterocycles. The van der Waals surface area contributed by atoms with Crippen molar-refractivity contribution < 1.29 is 24.9 Å². The molecular formula is C18H28O5. The normalized spacial score (nSPS) is 26.4. The van der Waals surface area contributed by atoms with Crippen molar-refractivity contribution >= 4 is 11.8 Å². The number of aliphatic carboxylic acids is 1. The van der Waals surface area contributed by atoms with Crippen molar-refractivity contribution in [2.24, 2.45) is 11.8 Å². The first-order valence-electron chi connectivity index (χ1n) is 8.39. The molecule has 4 atom stereocenters. The summed E-state index contributed by atoms with van der Waals surface area (Å²) in [5.41, 5.74) is 0. The molecule has 0 radical (unpaired) electrons. The van der Waals surface area contributed by atoms with E-state index in [9.17, 15) is 19.8 Å². The highest BCUT2D eigenvalue weighted by molar-refractivity contribution is 5.84. The lowest BCUT2D eigenvalue weighted by Gasteiger charge is -2.16. The Morgan fingerprint density at radius 1 is 1.35 bits per heavy atom. The van der Waals surface area contributed by atoms with E-state index in [0.717, 1.165) is 6.42 Å². The minimum atomic E-state index is -0.828. The largest absolute Gasteiger partial charge is 0.481 e. The van der Waals surface area contributed by atoms with E-state index in [1.165, 1.54) is 0 Å². The second-order valence-electron chi connectivity index (χ2n) is 6.13. The molecule has 0 unspecified atom stereocenters. The molecule has 0 aromatic heterocycles. The van der Waals surface area contributed by atoms with Crippen LogP contribution in [0.2, 0.25) is 0 Å². The molecule has 130 valence electrons. The van der Waals surface area contributed by atoms with Gasteiger partial charge in [-0.2, -0.15) is 0 Å². The maximum Gasteiger partial charge on any atom is 0.303 e. The van der Waals surface area contributed by atoms with E-state index in [1.807, 2.05) is 19.1 Å². The Morgan fingerprint density at radius 2 is 2.09 bits per heavy atom. The fraction of sp³-hybridized carbons (Fsp3) is 0.667. The van der Waals surface area contributed by atoms with Gasteiger partial charge in [0.05, 0.1) is 12.2 Å². The molecule has 0 aromatic carbocycles. The number of hydrogen-bond acceptors (Lipinski definition) is 4. The second kappa shape index (κ2) is 10.3. The molecule has 23 heavy (non-hydrogen) atoms. The molecule has 0 bridgehead atoms. The quantitative estimate of drug-likeness (QED) is 0.424. The number of unbranched alkanes of at least 4 members (excludes halogenated alkanes) is 1. The predicted octanol–water partition coefficient (Wildman–Crippen LogP) is 2.47. The number of aliphatic hydroxyl groups excluding tert-OH is 2. The molecule has 0 spiro atoms. The maximum atomic E-state index is 12.0. The van der Waals surface area contributed by atoms with Crippen LogP contribution in [0.3, 0.4) is 0 Å². The molecule has 3 N–H and O–H groups in total. The molecule has 1 saturated carbocycles. The topological polar surface area (TPSA) is 94.8 Å². The van der Waals surface area contributed by atoms with Gasteiger partial charge in [0.15, 0.2) is 0 Å². The summed E-state index contributed by atoms with van der Waals surface area (Å²) in [7, 11) is 0. The maximum absolute atomic E-state index is 12.0. The van der Waals surface area contributed by atoms with Gasteiger partial charge in [-0.1, -0.05) is 31.2 Å². The van der Waals surface area contributed by atoms with Gasteiger partial charge >= 0.3 is 5.97 Å². The fourth-order valence-electron chi connectivity index (χ4n) is 2.92. The van der Waals surface area contributed by atoms with Gasteiger partial charge in [0.2, 0.25) is 0 Å². The van der Waals surface area contributed by atoms with Crippen molar-refractivity contribution in [1.82, 2.24) is 0 Å². The minimum Gasteiger partial charge on any atom is -0.481 e. The molecule has 5 heteroatoms. The summed E-state index contributed by atoms with van der Waals surface area (Å²) in [4.78, 5) is 22.4. The van der Waals surface area contributed by atoms with E-state index in [2.05, 4.69) is 0 Å². The molecule has 0 heterocycles. The lowest BCUT2D eigenvalue weighted by atomic mass is 9.90. The molecule has 1 aliphatic carbocycles. The SMILES string of the molecule is CC/C=C\C[C@@H]1C(=O)C[C@@H](O)[C@@H]1/C=C/[C@H](O)CCCCC(=O)O. The Bertz CT molecular complexity index is 441. The zero-order chi connectivity index (χ0) is 17.2. The number of ketones is 1. The number of hydrogen-bond donors (Lipinski definition) is 3. The number of Topliss-reactive ketones (excluding diaryl/α,β-unsaturated/α-hetero) is 1. The van der Waals surface area contributed by atoms with E-state index >= 15 is 0 Å². The first-order chi connectivity index (χ1) is 11.0. The van der Waals surface area contributed by atoms with Gasteiger partial charge < -0.3 is 15.3 Å². The lowest BCUT2D eigenvalue weighted by Crippen LogP contribution is -2.18. The highest BCUT2D eigenvalue weighted by atomic mass is 16.4. The first-order valence-corrected chi connectivity index (χ1v) is 8.39. The van der Waals surface area contributed by atoms with Gasteiger partial charge in [0.25, 0.3) is 0 Å². The molecule has 1 rings (SSSR count). The molecule has 1 fully saturated rings. The van der Waals surface area contributed by atoms with Crippen LogP contribution in [0, 0.1) is 11.8 Å². The van der Waals surface area contributed by atoms with Gasteiger partial charge in [-0.25, -0.2) is 0 Å². The third kappa shape index (κ3) is 7.10. The number of carboxylic acid groups (broad SMARTS) is 1. The monoisotopic (exact) mass is 324 g/mol. The van der Waals surface area contributed by atoms with Crippen molar-refractivity contribution in [2.75, 3.05) is 0 Å². The average Bonchev–Trinajstić information content (AvgIpc) is 2.75. The highest BCUT2D eigenvalue weighted by Crippen LogP contribution is 2.33. The van der Waals surface area contributed by atoms with Crippen LogP contribution in [-0.2, 0) is 9.59 Å². The van der Waals surface area contributed by atoms with Crippen LogP contribution in [0.15, 0.2) is 24.3 Å². The minimum absolute atomic E-state index is 0.0730. The molecule has 0 saturated heterocycles. The van der Waals surface area contributed by atoms with E-state index in [1.54, 1.807) is 12.2 Å².